The van der Waals surface area contributed by atoms with Gasteiger partial charge in [-0.1, -0.05) is 98.8 Å². The summed E-state index contributed by atoms with van der Waals surface area (Å²) in [6.45, 7) is 20.1. The van der Waals surface area contributed by atoms with E-state index in [9.17, 15) is 9.59 Å². The number of carbonyl (C=O) groups is 2. The molecule has 0 fully saturated rings. The second-order valence-electron chi connectivity index (χ2n) is 10.9. The maximum absolute atomic E-state index is 12.1. The Morgan fingerprint density at radius 3 is 1.56 bits per heavy atom. The Labute approximate surface area is 285 Å². The molecule has 0 aliphatic rings. The number of hydrogen-bond donors (Lipinski definition) is 2. The number of ether oxygens (including phenoxy) is 1. The van der Waals surface area contributed by atoms with Gasteiger partial charge in [-0.05, 0) is 40.0 Å². The van der Waals surface area contributed by atoms with E-state index in [0.29, 0.717) is 6.54 Å². The maximum Gasteiger partial charge on any atom is 0.327 e. The van der Waals surface area contributed by atoms with Crippen molar-refractivity contribution in [2.45, 2.75) is 54.6 Å². The highest BCUT2D eigenvalue weighted by Gasteiger charge is 2.15. The molecule has 48 heavy (non-hydrogen) atoms. The standard InChI is InChI=1S/C17H25N5O.C12H13N3O2.C6H16N2/c1-4-21(5-2)12-11-18-16(23)13-22-17(14(3)19-20-22)15-9-7-6-8-10-15;1-9-12(10-6-4-3-5-7-10)15(14-13-9)8-11(16)17-2;1-3-8(4-2)6-5-7/h6-10H,4-5,11-13H2,1-3H3,(H,18,23);3-7H,8H2,1-2H3;3-7H2,1-2H3. The van der Waals surface area contributed by atoms with Crippen LogP contribution in [-0.2, 0) is 27.4 Å². The molecule has 2 aromatic heterocycles. The van der Waals surface area contributed by atoms with Crippen molar-refractivity contribution in [3.8, 4) is 22.5 Å². The van der Waals surface area contributed by atoms with E-state index in [1.807, 2.05) is 74.5 Å². The number of nitrogens with zero attached hydrogens (tertiary/aromatic N) is 8. The fourth-order valence-corrected chi connectivity index (χ4v) is 4.92. The Morgan fingerprint density at radius 2 is 1.17 bits per heavy atom. The molecule has 0 spiro atoms. The first-order valence-corrected chi connectivity index (χ1v) is 16.6. The van der Waals surface area contributed by atoms with E-state index >= 15 is 0 Å². The summed E-state index contributed by atoms with van der Waals surface area (Å²) in [5.41, 5.74) is 10.7. The van der Waals surface area contributed by atoms with Crippen molar-refractivity contribution in [1.82, 2.24) is 45.1 Å². The van der Waals surface area contributed by atoms with Gasteiger partial charge in [0.15, 0.2) is 0 Å². The lowest BCUT2D eigenvalue weighted by Crippen LogP contribution is -2.36. The fraction of sp³-hybridized carbons (Fsp3) is 0.486. The van der Waals surface area contributed by atoms with Gasteiger partial charge in [0.05, 0.1) is 29.9 Å². The number of carbonyl (C=O) groups excluding carboxylic acids is 2. The highest BCUT2D eigenvalue weighted by atomic mass is 16.5. The monoisotopic (exact) mass is 662 g/mol. The molecule has 2 aromatic carbocycles. The minimum atomic E-state index is -0.341. The molecule has 0 unspecified atom stereocenters. The number of hydrogen-bond acceptors (Lipinski definition) is 10. The van der Waals surface area contributed by atoms with Crippen molar-refractivity contribution in [1.29, 1.82) is 0 Å². The smallest absolute Gasteiger partial charge is 0.327 e. The van der Waals surface area contributed by atoms with Crippen LogP contribution in [-0.4, -0.2) is 111 Å². The lowest BCUT2D eigenvalue weighted by Gasteiger charge is -2.18. The van der Waals surface area contributed by atoms with Gasteiger partial charge in [-0.2, -0.15) is 0 Å². The summed E-state index contributed by atoms with van der Waals surface area (Å²) in [6, 6.07) is 19.6. The molecule has 0 bridgehead atoms. The first-order chi connectivity index (χ1) is 23.2. The Morgan fingerprint density at radius 1 is 0.729 bits per heavy atom. The van der Waals surface area contributed by atoms with Crippen molar-refractivity contribution >= 4 is 11.9 Å². The highest BCUT2D eigenvalue weighted by Crippen LogP contribution is 2.22. The number of likely N-dealkylation sites (N-methyl/N-ethyl adjacent to an activating group) is 2. The van der Waals surface area contributed by atoms with Crippen LogP contribution in [0.5, 0.6) is 0 Å². The molecule has 1 amide bonds. The Bertz CT molecular complexity index is 1470. The molecule has 0 saturated heterocycles. The third-order valence-electron chi connectivity index (χ3n) is 7.69. The number of methoxy groups -OCH3 is 1. The molecule has 3 N–H and O–H groups in total. The quantitative estimate of drug-likeness (QED) is 0.181. The van der Waals surface area contributed by atoms with E-state index in [1.54, 1.807) is 9.36 Å². The molecule has 0 aliphatic heterocycles. The van der Waals surface area contributed by atoms with Crippen LogP contribution in [0.25, 0.3) is 22.5 Å². The number of aromatic nitrogens is 6. The zero-order valence-corrected chi connectivity index (χ0v) is 29.7. The number of esters is 1. The molecule has 4 aromatic rings. The second kappa shape index (κ2) is 22.2. The largest absolute Gasteiger partial charge is 0.468 e. The van der Waals surface area contributed by atoms with E-state index in [-0.39, 0.29) is 25.0 Å². The molecule has 13 heteroatoms. The van der Waals surface area contributed by atoms with Gasteiger partial charge >= 0.3 is 5.97 Å². The highest BCUT2D eigenvalue weighted by molar-refractivity contribution is 5.76. The van der Waals surface area contributed by atoms with Crippen LogP contribution in [0.15, 0.2) is 60.7 Å². The molecular weight excluding hydrogens is 608 g/mol. The minimum absolute atomic E-state index is 0.0424. The van der Waals surface area contributed by atoms with Gasteiger partial charge < -0.3 is 25.6 Å². The number of aryl methyl sites for hydroxylation is 2. The van der Waals surface area contributed by atoms with E-state index in [4.69, 9.17) is 5.73 Å². The van der Waals surface area contributed by atoms with E-state index in [2.05, 4.69) is 68.2 Å². The van der Waals surface area contributed by atoms with Gasteiger partial charge in [0.1, 0.15) is 13.1 Å². The number of nitrogens with two attached hydrogens (primary N) is 1. The lowest BCUT2D eigenvalue weighted by molar-refractivity contribution is -0.141. The van der Waals surface area contributed by atoms with Crippen molar-refractivity contribution in [2.75, 3.05) is 59.5 Å². The minimum Gasteiger partial charge on any atom is -0.468 e. The third kappa shape index (κ3) is 13.0. The van der Waals surface area contributed by atoms with E-state index in [0.717, 1.165) is 79.7 Å². The number of benzene rings is 2. The average Bonchev–Trinajstić information content (AvgIpc) is 3.67. The fourth-order valence-electron chi connectivity index (χ4n) is 4.92. The van der Waals surface area contributed by atoms with Crippen molar-refractivity contribution in [2.24, 2.45) is 5.73 Å². The first kappa shape index (κ1) is 39.7. The Hall–Kier alpha value is -4.46. The van der Waals surface area contributed by atoms with E-state index < -0.39 is 0 Å². The first-order valence-electron chi connectivity index (χ1n) is 16.6. The summed E-state index contributed by atoms with van der Waals surface area (Å²) in [4.78, 5) is 28.0. The van der Waals surface area contributed by atoms with Gasteiger partial charge in [0.2, 0.25) is 5.91 Å². The summed E-state index contributed by atoms with van der Waals surface area (Å²) in [7, 11) is 1.36. The predicted molar refractivity (Wildman–Crippen MR) is 190 cm³/mol. The Balaban J connectivity index is 0.000000280. The molecule has 0 atom stereocenters. The van der Waals surface area contributed by atoms with Gasteiger partial charge in [0.25, 0.3) is 0 Å². The summed E-state index contributed by atoms with van der Waals surface area (Å²) < 4.78 is 7.84. The molecule has 0 radical (unpaired) electrons. The molecule has 262 valence electrons. The summed E-state index contributed by atoms with van der Waals surface area (Å²) in [6.07, 6.45) is 0. The number of nitrogens with one attached hydrogen (secondary N) is 1. The van der Waals surface area contributed by atoms with Crippen molar-refractivity contribution < 1.29 is 14.3 Å². The van der Waals surface area contributed by atoms with Crippen molar-refractivity contribution in [3.63, 3.8) is 0 Å². The second-order valence-corrected chi connectivity index (χ2v) is 10.9. The lowest BCUT2D eigenvalue weighted by atomic mass is 10.1. The third-order valence-corrected chi connectivity index (χ3v) is 7.69. The Kier molecular flexibility index (Phi) is 18.3. The average molecular weight is 663 g/mol. The van der Waals surface area contributed by atoms with Crippen LogP contribution in [0.3, 0.4) is 0 Å². The van der Waals surface area contributed by atoms with Crippen LogP contribution in [0.1, 0.15) is 39.1 Å². The van der Waals surface area contributed by atoms with Crippen LogP contribution >= 0.6 is 0 Å². The zero-order valence-electron chi connectivity index (χ0n) is 29.7. The number of amides is 1. The summed E-state index contributed by atoms with van der Waals surface area (Å²) in [5, 5.41) is 19.1. The predicted octanol–water partition coefficient (Wildman–Crippen LogP) is 3.42. The van der Waals surface area contributed by atoms with Gasteiger partial charge in [-0.25, -0.2) is 9.36 Å². The SMILES string of the molecule is CCN(CC)CCN.CCN(CC)CCNC(=O)Cn1nnc(C)c1-c1ccccc1.COC(=O)Cn1nnc(C)c1-c1ccccc1. The molecule has 0 saturated carbocycles. The molecule has 13 nitrogen and oxygen atoms in total. The van der Waals surface area contributed by atoms with Crippen LogP contribution in [0.2, 0.25) is 0 Å². The molecule has 2 heterocycles. The van der Waals surface area contributed by atoms with E-state index in [1.165, 1.54) is 7.11 Å². The van der Waals surface area contributed by atoms with Crippen molar-refractivity contribution in [3.05, 3.63) is 72.1 Å². The van der Waals surface area contributed by atoms with Crippen LogP contribution < -0.4 is 11.1 Å². The van der Waals surface area contributed by atoms with Crippen LogP contribution in [0.4, 0.5) is 0 Å². The van der Waals surface area contributed by atoms with Gasteiger partial charge in [0, 0.05) is 37.3 Å². The summed E-state index contributed by atoms with van der Waals surface area (Å²) >= 11 is 0. The molecular formula is C35H54N10O3. The van der Waals surface area contributed by atoms with Gasteiger partial charge in [-0.15, -0.1) is 10.2 Å². The zero-order chi connectivity index (χ0) is 35.3. The van der Waals surface area contributed by atoms with Crippen LogP contribution in [0, 0.1) is 13.8 Å². The maximum atomic E-state index is 12.1. The normalized spacial score (nSPS) is 10.6. The molecule has 0 aliphatic carbocycles. The topological polar surface area (TPSA) is 149 Å². The van der Waals surface area contributed by atoms with Gasteiger partial charge in [-0.3, -0.25) is 9.59 Å². The summed E-state index contributed by atoms with van der Waals surface area (Å²) in [5.74, 6) is -0.383. The number of rotatable bonds is 15. The molecule has 4 rings (SSSR count).